The SMILES string of the molecule is CC(C)N1CC(F)(F)C1.CC(C)N1CCC1.CC(C)N1CCC1=O.CC(C)N1CCCC1.CC(C)N1CCCC1=O.CC(C)N1CCCCC1.CC(C)N1CCCCC1=O.CC(C)N1CCNCC1.CC(C)N1CCOCC1. The van der Waals surface area contributed by atoms with E-state index in [4.69, 9.17) is 4.74 Å². The number of nitrogens with one attached hydrogen (secondary N) is 1. The molecule has 0 atom stereocenters. The number of rotatable bonds is 9. The number of piperazine rings is 1. The van der Waals surface area contributed by atoms with Gasteiger partial charge in [-0.1, -0.05) is 6.42 Å². The van der Waals surface area contributed by atoms with Gasteiger partial charge in [-0.2, -0.15) is 0 Å². The Labute approximate surface area is 479 Å². The van der Waals surface area contributed by atoms with Gasteiger partial charge in [-0.15, -0.1) is 0 Å². The van der Waals surface area contributed by atoms with E-state index in [1.165, 1.54) is 97.3 Å². The van der Waals surface area contributed by atoms with Gasteiger partial charge in [0.1, 0.15) is 0 Å². The normalized spacial score (nSPS) is 22.3. The van der Waals surface area contributed by atoms with Gasteiger partial charge in [-0.05, 0) is 215 Å². The van der Waals surface area contributed by atoms with Gasteiger partial charge in [0.25, 0.3) is 5.92 Å². The number of halogens is 2. The Hall–Kier alpha value is -2.05. The van der Waals surface area contributed by atoms with Crippen molar-refractivity contribution in [3.8, 4) is 0 Å². The molecule has 0 spiro atoms. The predicted octanol–water partition coefficient (Wildman–Crippen LogP) is 9.90. The third kappa shape index (κ3) is 32.0. The van der Waals surface area contributed by atoms with Crippen LogP contribution in [0, 0.1) is 0 Å². The smallest absolute Gasteiger partial charge is 0.272 e. The number of β-lactam (4-membered cyclic amide) rings is 1. The summed E-state index contributed by atoms with van der Waals surface area (Å²) in [5.74, 6) is -1.43. The summed E-state index contributed by atoms with van der Waals surface area (Å²) < 4.78 is 29.4. The second-order valence-electron chi connectivity index (χ2n) is 25.3. The lowest BCUT2D eigenvalue weighted by Crippen LogP contribution is -2.58. The zero-order valence-corrected chi connectivity index (χ0v) is 54.0. The molecule has 9 aliphatic heterocycles. The Morgan fingerprint density at radius 2 is 0.641 bits per heavy atom. The number of alkyl halides is 2. The summed E-state index contributed by atoms with van der Waals surface area (Å²) >= 11 is 0. The van der Waals surface area contributed by atoms with Gasteiger partial charge in [0.2, 0.25) is 17.7 Å². The molecule has 0 unspecified atom stereocenters. The molecule has 0 bridgehead atoms. The number of amides is 3. The Balaban J connectivity index is 0.000000439. The highest BCUT2D eigenvalue weighted by Gasteiger charge is 2.44. The van der Waals surface area contributed by atoms with Crippen molar-refractivity contribution < 1.29 is 27.9 Å². The zero-order chi connectivity index (χ0) is 59.0. The van der Waals surface area contributed by atoms with E-state index in [-0.39, 0.29) is 19.1 Å². The molecule has 9 heterocycles. The maximum atomic E-state index is 12.1. The van der Waals surface area contributed by atoms with E-state index in [9.17, 15) is 23.2 Å². The van der Waals surface area contributed by atoms with Crippen LogP contribution in [-0.4, -0.2) is 247 Å². The Morgan fingerprint density at radius 3 is 0.859 bits per heavy atom. The number of piperidine rings is 2. The van der Waals surface area contributed by atoms with Crippen LogP contribution < -0.4 is 5.32 Å². The second kappa shape index (κ2) is 41.0. The minimum Gasteiger partial charge on any atom is -0.379 e. The maximum Gasteiger partial charge on any atom is 0.272 e. The standard InChI is InChI=1S/C8H15NO.C8H17N.C7H16N2.C7H15NO.C7H13NO.C7H15N.C6H11F2N.C6H11NO.C6H13N/c1-7(2)9-6-4-3-5-8(9)10;1-8(2)9-6-4-3-5-7-9;1-7(2)9-5-3-8-4-6-9;1-7(2)8-3-5-9-6-4-8;1-6(2)8-5-3-4-7(8)9;1-7(2)8-5-3-4-6-8;1-5(2)9-3-6(7,8)4-9;1-5(2)7-4-3-6(7)8;1-6(2)7-4-3-5-7/h7H,3-6H2,1-2H3;8H,3-7H2,1-2H3;7-8H,3-6H2,1-2H3;7H,3-6H2,1-2H3;6H,3-5H2,1-2H3;7H,3-6H2,1-2H3;5H,3-4H2,1-2H3;5H,3-4H2,1-2H3;6H,3-5H2,1-2H3. The summed E-state index contributed by atoms with van der Waals surface area (Å²) in [4.78, 5) is 52.7. The van der Waals surface area contributed by atoms with Gasteiger partial charge in [0, 0.05) is 133 Å². The first-order valence-corrected chi connectivity index (χ1v) is 31.7. The van der Waals surface area contributed by atoms with E-state index in [1.54, 1.807) is 4.90 Å². The van der Waals surface area contributed by atoms with E-state index in [0.717, 1.165) is 115 Å². The number of nitrogens with zero attached hydrogens (tertiary/aromatic N) is 9. The number of likely N-dealkylation sites (tertiary alicyclic amines) is 7. The number of hydrogen-bond donors (Lipinski definition) is 1. The molecule has 9 rings (SSSR count). The van der Waals surface area contributed by atoms with Gasteiger partial charge in [-0.25, -0.2) is 8.78 Å². The molecule has 1 N–H and O–H groups in total. The number of carbonyl (C=O) groups excluding carboxylic acids is 3. The van der Waals surface area contributed by atoms with Crippen molar-refractivity contribution in [1.82, 2.24) is 49.4 Å². The molecule has 0 radical (unpaired) electrons. The van der Waals surface area contributed by atoms with Gasteiger partial charge in [0.05, 0.1) is 26.3 Å². The van der Waals surface area contributed by atoms with Gasteiger partial charge in [-0.3, -0.25) is 29.1 Å². The molecule has 462 valence electrons. The first-order chi connectivity index (χ1) is 36.7. The van der Waals surface area contributed by atoms with Crippen molar-refractivity contribution in [3.05, 3.63) is 0 Å². The van der Waals surface area contributed by atoms with Crippen LogP contribution >= 0.6 is 0 Å². The highest BCUT2D eigenvalue weighted by molar-refractivity contribution is 5.81. The van der Waals surface area contributed by atoms with Crippen LogP contribution in [-0.2, 0) is 19.1 Å². The average Bonchev–Trinajstić information content (AvgIpc) is 4.08. The fourth-order valence-electron chi connectivity index (χ4n) is 10.2. The molecule has 9 saturated heterocycles. The van der Waals surface area contributed by atoms with Crippen molar-refractivity contribution in [2.45, 2.75) is 262 Å². The lowest BCUT2D eigenvalue weighted by atomic mass is 10.1. The summed E-state index contributed by atoms with van der Waals surface area (Å²) in [7, 11) is 0. The van der Waals surface area contributed by atoms with Crippen LogP contribution in [0.5, 0.6) is 0 Å². The molecule has 0 aromatic heterocycles. The van der Waals surface area contributed by atoms with Crippen LogP contribution in [0.15, 0.2) is 0 Å². The van der Waals surface area contributed by atoms with Crippen LogP contribution in [0.2, 0.25) is 0 Å². The first-order valence-electron chi connectivity index (χ1n) is 31.7. The molecular weight excluding hydrogens is 987 g/mol. The van der Waals surface area contributed by atoms with E-state index in [2.05, 4.69) is 127 Å². The fourth-order valence-corrected chi connectivity index (χ4v) is 10.2. The van der Waals surface area contributed by atoms with Crippen molar-refractivity contribution in [1.29, 1.82) is 0 Å². The minimum absolute atomic E-state index is 0.0509. The quantitative estimate of drug-likeness (QED) is 0.224. The molecule has 0 aromatic carbocycles. The minimum atomic E-state index is -2.40. The van der Waals surface area contributed by atoms with E-state index in [1.807, 2.05) is 42.4 Å². The molecule has 9 fully saturated rings. The lowest BCUT2D eigenvalue weighted by Gasteiger charge is -2.41. The van der Waals surface area contributed by atoms with Crippen molar-refractivity contribution >= 4 is 17.7 Å². The molecule has 16 heteroatoms. The second-order valence-corrected chi connectivity index (χ2v) is 25.3. The van der Waals surface area contributed by atoms with Crippen molar-refractivity contribution in [2.75, 3.05) is 124 Å². The Bertz CT molecular complexity index is 1460. The molecule has 0 aromatic rings. The lowest BCUT2D eigenvalue weighted by molar-refractivity contribution is -0.142. The summed E-state index contributed by atoms with van der Waals surface area (Å²) in [6, 6.07) is 5.23. The van der Waals surface area contributed by atoms with Crippen LogP contribution in [0.1, 0.15) is 202 Å². The average molecular weight is 1110 g/mol. The first kappa shape index (κ1) is 74.0. The van der Waals surface area contributed by atoms with Gasteiger partial charge < -0.3 is 39.5 Å². The zero-order valence-electron chi connectivity index (χ0n) is 54.0. The molecule has 78 heavy (non-hydrogen) atoms. The third-order valence-electron chi connectivity index (χ3n) is 16.1. The fraction of sp³-hybridized carbons (Fsp3) is 0.952. The molecule has 9 aliphatic rings. The van der Waals surface area contributed by atoms with Crippen LogP contribution in [0.25, 0.3) is 0 Å². The number of hydrogen-bond acceptors (Lipinski definition) is 11. The van der Waals surface area contributed by atoms with Crippen molar-refractivity contribution in [3.63, 3.8) is 0 Å². The summed E-state index contributed by atoms with van der Waals surface area (Å²) in [6.07, 6.45) is 14.1. The largest absolute Gasteiger partial charge is 0.379 e. The summed E-state index contributed by atoms with van der Waals surface area (Å²) in [6.45, 7) is 58.4. The highest BCUT2D eigenvalue weighted by Crippen LogP contribution is 2.28. The molecule has 0 aliphatic carbocycles. The topological polar surface area (TPSA) is 102 Å². The predicted molar refractivity (Wildman–Crippen MR) is 325 cm³/mol. The monoisotopic (exact) mass is 1110 g/mol. The molecule has 0 saturated carbocycles. The van der Waals surface area contributed by atoms with Gasteiger partial charge >= 0.3 is 0 Å². The van der Waals surface area contributed by atoms with Gasteiger partial charge in [0.15, 0.2) is 0 Å². The van der Waals surface area contributed by atoms with Crippen LogP contribution in [0.4, 0.5) is 8.78 Å². The molecule has 14 nitrogen and oxygen atoms in total. The molecular formula is C62H126F2N10O4. The number of ether oxygens (including phenoxy) is 1. The highest BCUT2D eigenvalue weighted by atomic mass is 19.3. The maximum absolute atomic E-state index is 12.1. The van der Waals surface area contributed by atoms with Crippen LogP contribution in [0.3, 0.4) is 0 Å². The Morgan fingerprint density at radius 1 is 0.333 bits per heavy atom. The van der Waals surface area contributed by atoms with E-state index >= 15 is 0 Å². The van der Waals surface area contributed by atoms with E-state index in [0.29, 0.717) is 41.9 Å². The Kier molecular flexibility index (Phi) is 38.9. The van der Waals surface area contributed by atoms with Crippen molar-refractivity contribution in [2.24, 2.45) is 0 Å². The summed E-state index contributed by atoms with van der Waals surface area (Å²) in [5.41, 5.74) is 0. The number of carbonyl (C=O) groups is 3. The van der Waals surface area contributed by atoms with E-state index < -0.39 is 5.92 Å². The third-order valence-corrected chi connectivity index (χ3v) is 16.1. The number of morpholine rings is 1. The molecule has 3 amide bonds. The summed E-state index contributed by atoms with van der Waals surface area (Å²) in [5, 5.41) is 3.33.